The van der Waals surface area contributed by atoms with Crippen molar-refractivity contribution in [2.24, 2.45) is 0 Å². The van der Waals surface area contributed by atoms with Crippen LogP contribution < -0.4 is 5.32 Å². The molecule has 0 heterocycles. The molecule has 0 aromatic heterocycles. The minimum absolute atomic E-state index is 0.284. The van der Waals surface area contributed by atoms with Gasteiger partial charge in [-0.1, -0.05) is 32.1 Å². The highest BCUT2D eigenvalue weighted by Crippen LogP contribution is 2.23. The van der Waals surface area contributed by atoms with Crippen LogP contribution in [0.5, 0.6) is 5.75 Å². The summed E-state index contributed by atoms with van der Waals surface area (Å²) in [4.78, 5) is 0. The van der Waals surface area contributed by atoms with E-state index < -0.39 is 5.82 Å². The molecule has 0 atom stereocenters. The fraction of sp³-hybridized carbons (Fsp3) is 0.571. The minimum atomic E-state index is -0.555. The smallest absolute Gasteiger partial charge is 0.166 e. The molecule has 0 spiro atoms. The van der Waals surface area contributed by atoms with E-state index in [1.165, 1.54) is 44.2 Å². The van der Waals surface area contributed by atoms with Crippen LogP contribution in [-0.4, -0.2) is 11.1 Å². The van der Waals surface area contributed by atoms with Gasteiger partial charge in [0.05, 0.1) is 0 Å². The Bertz CT molecular complexity index is 359. The number of phenolic OH excluding ortho intramolecular Hbond substituents is 1. The van der Waals surface area contributed by atoms with Crippen molar-refractivity contribution in [2.45, 2.75) is 51.0 Å². The molecule has 1 fully saturated rings. The second-order valence-electron chi connectivity index (χ2n) is 4.85. The Labute approximate surface area is 102 Å². The predicted molar refractivity (Wildman–Crippen MR) is 67.8 cm³/mol. The van der Waals surface area contributed by atoms with Gasteiger partial charge in [-0.2, -0.15) is 0 Å². The maximum atomic E-state index is 13.2. The first kappa shape index (κ1) is 12.2. The lowest BCUT2D eigenvalue weighted by Gasteiger charge is -2.22. The van der Waals surface area contributed by atoms with Gasteiger partial charge in [0.2, 0.25) is 0 Å². The Morgan fingerprint density at radius 2 is 1.71 bits per heavy atom. The van der Waals surface area contributed by atoms with Crippen LogP contribution in [0.2, 0.25) is 0 Å². The number of phenols is 1. The Kier molecular flexibility index (Phi) is 4.24. The van der Waals surface area contributed by atoms with Crippen molar-refractivity contribution in [3.8, 4) is 5.75 Å². The van der Waals surface area contributed by atoms with E-state index in [0.29, 0.717) is 6.04 Å². The van der Waals surface area contributed by atoms with Crippen LogP contribution in [0.4, 0.5) is 10.1 Å². The summed E-state index contributed by atoms with van der Waals surface area (Å²) >= 11 is 0. The van der Waals surface area contributed by atoms with Gasteiger partial charge in [-0.15, -0.1) is 0 Å². The largest absolute Gasteiger partial charge is 0.505 e. The van der Waals surface area contributed by atoms with Crippen LogP contribution in [0.1, 0.15) is 44.9 Å². The number of hydrogen-bond donors (Lipinski definition) is 2. The van der Waals surface area contributed by atoms with Crippen molar-refractivity contribution in [2.75, 3.05) is 5.32 Å². The molecule has 94 valence electrons. The van der Waals surface area contributed by atoms with E-state index in [0.717, 1.165) is 18.5 Å². The molecule has 0 amide bonds. The van der Waals surface area contributed by atoms with Crippen LogP contribution >= 0.6 is 0 Å². The summed E-state index contributed by atoms with van der Waals surface area (Å²) in [6, 6.07) is 4.95. The van der Waals surface area contributed by atoms with Gasteiger partial charge in [0.15, 0.2) is 11.6 Å². The van der Waals surface area contributed by atoms with Gasteiger partial charge in [-0.3, -0.25) is 0 Å². The lowest BCUT2D eigenvalue weighted by molar-refractivity contribution is 0.432. The normalized spacial score (nSPS) is 18.4. The van der Waals surface area contributed by atoms with E-state index in [4.69, 9.17) is 5.11 Å². The zero-order valence-electron chi connectivity index (χ0n) is 10.1. The SMILES string of the molecule is Oc1ccc(NC2CCCCCCC2)cc1F. The number of benzene rings is 1. The zero-order valence-corrected chi connectivity index (χ0v) is 10.1. The van der Waals surface area contributed by atoms with Crippen molar-refractivity contribution >= 4 is 5.69 Å². The number of hydrogen-bond acceptors (Lipinski definition) is 2. The van der Waals surface area contributed by atoms with Crippen LogP contribution in [0.25, 0.3) is 0 Å². The molecule has 0 radical (unpaired) electrons. The molecule has 1 aliphatic rings. The molecule has 0 unspecified atom stereocenters. The van der Waals surface area contributed by atoms with E-state index in [-0.39, 0.29) is 5.75 Å². The van der Waals surface area contributed by atoms with Crippen LogP contribution in [0, 0.1) is 5.82 Å². The van der Waals surface area contributed by atoms with Gasteiger partial charge in [-0.05, 0) is 25.0 Å². The lowest BCUT2D eigenvalue weighted by Crippen LogP contribution is -2.20. The average molecular weight is 237 g/mol. The standard InChI is InChI=1S/C14H20FNO/c15-13-10-12(8-9-14(13)17)16-11-6-4-2-1-3-5-7-11/h8-11,16-17H,1-7H2. The highest BCUT2D eigenvalue weighted by atomic mass is 19.1. The zero-order chi connectivity index (χ0) is 12.1. The number of nitrogens with one attached hydrogen (secondary N) is 1. The molecule has 1 aliphatic carbocycles. The van der Waals surface area contributed by atoms with E-state index in [9.17, 15) is 4.39 Å². The molecular weight excluding hydrogens is 217 g/mol. The molecule has 0 saturated heterocycles. The minimum Gasteiger partial charge on any atom is -0.505 e. The van der Waals surface area contributed by atoms with Gasteiger partial charge in [-0.25, -0.2) is 4.39 Å². The van der Waals surface area contributed by atoms with Crippen LogP contribution in [-0.2, 0) is 0 Å². The highest BCUT2D eigenvalue weighted by molar-refractivity contribution is 5.47. The number of aromatic hydroxyl groups is 1. The van der Waals surface area contributed by atoms with E-state index in [1.807, 2.05) is 0 Å². The van der Waals surface area contributed by atoms with E-state index >= 15 is 0 Å². The monoisotopic (exact) mass is 237 g/mol. The van der Waals surface area contributed by atoms with Crippen molar-refractivity contribution in [3.05, 3.63) is 24.0 Å². The fourth-order valence-corrected chi connectivity index (χ4v) is 2.43. The summed E-state index contributed by atoms with van der Waals surface area (Å²) in [5.74, 6) is -0.839. The molecule has 2 rings (SSSR count). The van der Waals surface area contributed by atoms with E-state index in [2.05, 4.69) is 5.32 Å². The maximum Gasteiger partial charge on any atom is 0.166 e. The summed E-state index contributed by atoms with van der Waals surface area (Å²) in [5, 5.41) is 12.5. The predicted octanol–water partition coefficient (Wildman–Crippen LogP) is 4.06. The van der Waals surface area contributed by atoms with Gasteiger partial charge in [0, 0.05) is 17.8 Å². The topological polar surface area (TPSA) is 32.3 Å². The van der Waals surface area contributed by atoms with Crippen LogP contribution in [0.15, 0.2) is 18.2 Å². The Morgan fingerprint density at radius 3 is 2.35 bits per heavy atom. The summed E-state index contributed by atoms with van der Waals surface area (Å²) in [7, 11) is 0. The summed E-state index contributed by atoms with van der Waals surface area (Å²) in [6.07, 6.45) is 8.77. The number of halogens is 1. The lowest BCUT2D eigenvalue weighted by atomic mass is 9.96. The molecule has 1 aromatic carbocycles. The first-order valence-corrected chi connectivity index (χ1v) is 6.51. The summed E-state index contributed by atoms with van der Waals surface area (Å²) < 4.78 is 13.2. The molecular formula is C14H20FNO. The number of rotatable bonds is 2. The molecule has 17 heavy (non-hydrogen) atoms. The van der Waals surface area contributed by atoms with Crippen molar-refractivity contribution in [1.82, 2.24) is 0 Å². The van der Waals surface area contributed by atoms with Crippen molar-refractivity contribution in [3.63, 3.8) is 0 Å². The fourth-order valence-electron chi connectivity index (χ4n) is 2.43. The maximum absolute atomic E-state index is 13.2. The molecule has 3 heteroatoms. The highest BCUT2D eigenvalue weighted by Gasteiger charge is 2.11. The average Bonchev–Trinajstić information content (AvgIpc) is 2.27. The Hall–Kier alpha value is -1.25. The second-order valence-corrected chi connectivity index (χ2v) is 4.85. The Morgan fingerprint density at radius 1 is 1.06 bits per heavy atom. The van der Waals surface area contributed by atoms with Gasteiger partial charge in [0.1, 0.15) is 0 Å². The molecule has 1 saturated carbocycles. The van der Waals surface area contributed by atoms with Crippen molar-refractivity contribution in [1.29, 1.82) is 0 Å². The molecule has 0 bridgehead atoms. The van der Waals surface area contributed by atoms with Crippen molar-refractivity contribution < 1.29 is 9.50 Å². The third-order valence-corrected chi connectivity index (χ3v) is 3.42. The van der Waals surface area contributed by atoms with Crippen LogP contribution in [0.3, 0.4) is 0 Å². The molecule has 2 N–H and O–H groups in total. The third kappa shape index (κ3) is 3.62. The van der Waals surface area contributed by atoms with Gasteiger partial charge in [0.25, 0.3) is 0 Å². The summed E-state index contributed by atoms with van der Waals surface area (Å²) in [5.41, 5.74) is 0.769. The quantitative estimate of drug-likeness (QED) is 0.760. The first-order valence-electron chi connectivity index (χ1n) is 6.51. The number of anilines is 1. The van der Waals surface area contributed by atoms with Gasteiger partial charge < -0.3 is 10.4 Å². The van der Waals surface area contributed by atoms with E-state index in [1.54, 1.807) is 6.07 Å². The third-order valence-electron chi connectivity index (χ3n) is 3.42. The summed E-state index contributed by atoms with van der Waals surface area (Å²) in [6.45, 7) is 0. The molecule has 2 nitrogen and oxygen atoms in total. The van der Waals surface area contributed by atoms with Gasteiger partial charge >= 0.3 is 0 Å². The second kappa shape index (κ2) is 5.89. The molecule has 1 aromatic rings. The Balaban J connectivity index is 1.95. The molecule has 0 aliphatic heterocycles. The first-order chi connectivity index (χ1) is 8.25.